The smallest absolute Gasteiger partial charge is 0.274 e. The molecule has 0 saturated carbocycles. The van der Waals surface area contributed by atoms with Gasteiger partial charge in [0.2, 0.25) is 11.8 Å². The van der Waals surface area contributed by atoms with Gasteiger partial charge < -0.3 is 5.32 Å². The van der Waals surface area contributed by atoms with Crippen molar-refractivity contribution in [3.8, 4) is 0 Å². The number of nitrogens with one attached hydrogen (secondary N) is 1. The van der Waals surface area contributed by atoms with E-state index in [4.69, 9.17) is 0 Å². The van der Waals surface area contributed by atoms with Crippen LogP contribution in [0.1, 0.15) is 25.8 Å². The lowest BCUT2D eigenvalue weighted by atomic mass is 10.2. The zero-order valence-electron chi connectivity index (χ0n) is 14.3. The highest BCUT2D eigenvalue weighted by molar-refractivity contribution is 8.15. The molecule has 1 aromatic rings. The third-order valence-electron chi connectivity index (χ3n) is 3.69. The molecule has 1 aromatic carbocycles. The number of aliphatic imine (C=N–C) groups is 1. The van der Waals surface area contributed by atoms with Crippen LogP contribution in [0.2, 0.25) is 0 Å². The predicted molar refractivity (Wildman–Crippen MR) is 97.8 cm³/mol. The van der Waals surface area contributed by atoms with Gasteiger partial charge in [0.15, 0.2) is 5.17 Å². The first kappa shape index (κ1) is 18.9. The molecule has 134 valence electrons. The highest BCUT2D eigenvalue weighted by Crippen LogP contribution is 2.30. The van der Waals surface area contributed by atoms with Crippen LogP contribution >= 0.6 is 11.8 Å². The lowest BCUT2D eigenvalue weighted by Gasteiger charge is -2.13. The molecule has 1 heterocycles. The summed E-state index contributed by atoms with van der Waals surface area (Å²) in [6.45, 7) is 6.45. The van der Waals surface area contributed by atoms with Crippen LogP contribution in [0.15, 0.2) is 23.2 Å². The summed E-state index contributed by atoms with van der Waals surface area (Å²) in [5.74, 6) is -0.498. The van der Waals surface area contributed by atoms with E-state index in [1.807, 2.05) is 13.8 Å². The summed E-state index contributed by atoms with van der Waals surface area (Å²) in [5, 5.41) is 13.7. The lowest BCUT2D eigenvalue weighted by molar-refractivity contribution is -0.385. The fourth-order valence-electron chi connectivity index (χ4n) is 2.45. The Bertz CT molecular complexity index is 735. The van der Waals surface area contributed by atoms with Gasteiger partial charge in [-0.1, -0.05) is 17.8 Å². The number of carbonyl (C=O) groups is 2. The third-order valence-corrected chi connectivity index (χ3v) is 4.90. The van der Waals surface area contributed by atoms with Gasteiger partial charge in [0.25, 0.3) is 5.69 Å². The molecular formula is C16H20N4O4S. The third kappa shape index (κ3) is 4.36. The molecule has 0 spiro atoms. The number of amides is 2. The quantitative estimate of drug-likeness (QED) is 0.617. The molecular weight excluding hydrogens is 344 g/mol. The molecule has 0 bridgehead atoms. The first-order chi connectivity index (χ1) is 11.9. The predicted octanol–water partition coefficient (Wildman–Crippen LogP) is 2.57. The van der Waals surface area contributed by atoms with Crippen LogP contribution in [0.5, 0.6) is 0 Å². The average molecular weight is 364 g/mol. The second-order valence-electron chi connectivity index (χ2n) is 5.46. The van der Waals surface area contributed by atoms with Crippen molar-refractivity contribution < 1.29 is 14.5 Å². The first-order valence-electron chi connectivity index (χ1n) is 7.94. The van der Waals surface area contributed by atoms with Gasteiger partial charge in [0, 0.05) is 36.8 Å². The van der Waals surface area contributed by atoms with Crippen molar-refractivity contribution in [3.63, 3.8) is 0 Å². The van der Waals surface area contributed by atoms with Crippen molar-refractivity contribution in [2.24, 2.45) is 4.99 Å². The van der Waals surface area contributed by atoms with E-state index in [9.17, 15) is 19.7 Å². The van der Waals surface area contributed by atoms with Crippen molar-refractivity contribution in [3.05, 3.63) is 33.9 Å². The molecule has 0 aliphatic carbocycles. The van der Waals surface area contributed by atoms with Crippen molar-refractivity contribution in [1.82, 2.24) is 4.90 Å². The van der Waals surface area contributed by atoms with Crippen LogP contribution in [0.25, 0.3) is 0 Å². The van der Waals surface area contributed by atoms with Crippen molar-refractivity contribution in [1.29, 1.82) is 0 Å². The molecule has 1 N–H and O–H groups in total. The SMILES string of the molecule is CCN=C1S[C@H](CC(=O)Nc2ccc(C)c([N+](=O)[O-])c2)C(=O)N1CC. The lowest BCUT2D eigenvalue weighted by Crippen LogP contribution is -2.33. The molecule has 1 aliphatic heterocycles. The molecule has 8 nitrogen and oxygen atoms in total. The maximum Gasteiger partial charge on any atom is 0.274 e. The van der Waals surface area contributed by atoms with Crippen molar-refractivity contribution in [2.75, 3.05) is 18.4 Å². The molecule has 25 heavy (non-hydrogen) atoms. The van der Waals surface area contributed by atoms with E-state index >= 15 is 0 Å². The Hall–Kier alpha value is -2.42. The number of anilines is 1. The Morgan fingerprint density at radius 1 is 1.44 bits per heavy atom. The normalized spacial score (nSPS) is 18.7. The van der Waals surface area contributed by atoms with Crippen LogP contribution in [-0.4, -0.2) is 45.1 Å². The van der Waals surface area contributed by atoms with E-state index in [0.717, 1.165) is 0 Å². The Balaban J connectivity index is 2.06. The molecule has 2 rings (SSSR count). The summed E-state index contributed by atoms with van der Waals surface area (Å²) in [7, 11) is 0. The van der Waals surface area contributed by atoms with Gasteiger partial charge in [-0.05, 0) is 26.8 Å². The zero-order chi connectivity index (χ0) is 18.6. The van der Waals surface area contributed by atoms with Crippen molar-refractivity contribution in [2.45, 2.75) is 32.4 Å². The Morgan fingerprint density at radius 2 is 2.16 bits per heavy atom. The Morgan fingerprint density at radius 3 is 2.76 bits per heavy atom. The minimum Gasteiger partial charge on any atom is -0.326 e. The van der Waals surface area contributed by atoms with Gasteiger partial charge >= 0.3 is 0 Å². The van der Waals surface area contributed by atoms with E-state index < -0.39 is 10.2 Å². The van der Waals surface area contributed by atoms with Gasteiger partial charge in [-0.25, -0.2) is 0 Å². The molecule has 1 aliphatic rings. The summed E-state index contributed by atoms with van der Waals surface area (Å²) in [6.07, 6.45) is -0.00952. The number of hydrogen-bond acceptors (Lipinski definition) is 6. The highest BCUT2D eigenvalue weighted by atomic mass is 32.2. The summed E-state index contributed by atoms with van der Waals surface area (Å²) >= 11 is 1.28. The van der Waals surface area contributed by atoms with Gasteiger partial charge in [0.1, 0.15) is 5.25 Å². The van der Waals surface area contributed by atoms with Crippen LogP contribution in [0.4, 0.5) is 11.4 Å². The van der Waals surface area contributed by atoms with Crippen LogP contribution < -0.4 is 5.32 Å². The van der Waals surface area contributed by atoms with Gasteiger partial charge in [-0.15, -0.1) is 0 Å². The number of carbonyl (C=O) groups excluding carboxylic acids is 2. The number of benzene rings is 1. The second kappa shape index (κ2) is 8.11. The average Bonchev–Trinajstić information content (AvgIpc) is 2.84. The molecule has 0 aromatic heterocycles. The van der Waals surface area contributed by atoms with Crippen molar-refractivity contribution >= 4 is 40.1 Å². The molecule has 1 saturated heterocycles. The minimum absolute atomic E-state index is 0.00952. The number of hydrogen-bond donors (Lipinski definition) is 1. The van der Waals surface area contributed by atoms with Gasteiger partial charge in [-0.2, -0.15) is 0 Å². The van der Waals surface area contributed by atoms with Crippen LogP contribution in [0.3, 0.4) is 0 Å². The zero-order valence-corrected chi connectivity index (χ0v) is 15.1. The van der Waals surface area contributed by atoms with E-state index in [0.29, 0.717) is 29.5 Å². The fourth-order valence-corrected chi connectivity index (χ4v) is 3.72. The summed E-state index contributed by atoms with van der Waals surface area (Å²) in [5.41, 5.74) is 0.801. The van der Waals surface area contributed by atoms with E-state index in [-0.39, 0.29) is 23.9 Å². The summed E-state index contributed by atoms with van der Waals surface area (Å²) in [6, 6.07) is 4.50. The number of rotatable bonds is 6. The number of aryl methyl sites for hydroxylation is 1. The molecule has 0 radical (unpaired) electrons. The van der Waals surface area contributed by atoms with Gasteiger partial charge in [-0.3, -0.25) is 29.6 Å². The Kier molecular flexibility index (Phi) is 6.13. The maximum atomic E-state index is 12.4. The number of nitro groups is 1. The summed E-state index contributed by atoms with van der Waals surface area (Å²) in [4.78, 5) is 40.9. The number of nitro benzene ring substituents is 1. The monoisotopic (exact) mass is 364 g/mol. The molecule has 1 atom stereocenters. The number of nitrogens with zero attached hydrogens (tertiary/aromatic N) is 3. The fraction of sp³-hybridized carbons (Fsp3) is 0.438. The highest BCUT2D eigenvalue weighted by Gasteiger charge is 2.38. The standard InChI is InChI=1S/C16H20N4O4S/c1-4-17-16-19(5-2)15(22)13(25-16)9-14(21)18-11-7-6-10(3)12(8-11)20(23)24/h6-8,13H,4-5,9H2,1-3H3,(H,18,21)/t13-/m1/s1. The number of amidine groups is 1. The van der Waals surface area contributed by atoms with Crippen LogP contribution in [0, 0.1) is 17.0 Å². The molecule has 9 heteroatoms. The van der Waals surface area contributed by atoms with E-state index in [2.05, 4.69) is 10.3 Å². The largest absolute Gasteiger partial charge is 0.326 e. The first-order valence-corrected chi connectivity index (χ1v) is 8.82. The van der Waals surface area contributed by atoms with Gasteiger partial charge in [0.05, 0.1) is 4.92 Å². The molecule has 0 unspecified atom stereocenters. The second-order valence-corrected chi connectivity index (χ2v) is 6.63. The maximum absolute atomic E-state index is 12.4. The van der Waals surface area contributed by atoms with Crippen LogP contribution in [-0.2, 0) is 9.59 Å². The van der Waals surface area contributed by atoms with E-state index in [1.165, 1.54) is 17.8 Å². The van der Waals surface area contributed by atoms with E-state index in [1.54, 1.807) is 24.0 Å². The molecule has 2 amide bonds. The Labute approximate surface area is 149 Å². The summed E-state index contributed by atoms with van der Waals surface area (Å²) < 4.78 is 0. The topological polar surface area (TPSA) is 105 Å². The number of thioether (sulfide) groups is 1. The molecule has 1 fully saturated rings. The minimum atomic E-state index is -0.523.